The number of piperidine rings is 1. The number of carbonyl (C=O) groups excluding carboxylic acids is 2. The average Bonchev–Trinajstić information content (AvgIpc) is 2.47. The third kappa shape index (κ3) is 3.45. The van der Waals surface area contributed by atoms with Crippen LogP contribution in [0.1, 0.15) is 30.1 Å². The van der Waals surface area contributed by atoms with E-state index in [1.165, 1.54) is 0 Å². The average molecular weight is 291 g/mol. The maximum absolute atomic E-state index is 12.5. The number of nitrogen functional groups attached to an aromatic ring is 2. The van der Waals surface area contributed by atoms with E-state index >= 15 is 0 Å². The normalized spacial score (nSPS) is 18.3. The second-order valence-corrected chi connectivity index (χ2v) is 5.19. The zero-order valence-electron chi connectivity index (χ0n) is 12.2. The Balaban J connectivity index is 2.10. The number of ether oxygens (including phenoxy) is 1. The summed E-state index contributed by atoms with van der Waals surface area (Å²) in [5.74, 6) is -0.653. The van der Waals surface area contributed by atoms with Gasteiger partial charge in [0.2, 0.25) is 0 Å². The van der Waals surface area contributed by atoms with E-state index in [4.69, 9.17) is 16.2 Å². The lowest BCUT2D eigenvalue weighted by Crippen LogP contribution is -2.43. The number of hydrogen-bond donors (Lipinski definition) is 2. The van der Waals surface area contributed by atoms with E-state index in [9.17, 15) is 9.59 Å². The van der Waals surface area contributed by atoms with Gasteiger partial charge in [-0.1, -0.05) is 0 Å². The molecule has 1 atom stereocenters. The Morgan fingerprint density at radius 2 is 2.14 bits per heavy atom. The minimum atomic E-state index is -0.252. The van der Waals surface area contributed by atoms with Crippen molar-refractivity contribution in [3.63, 3.8) is 0 Å². The molecule has 4 N–H and O–H groups in total. The van der Waals surface area contributed by atoms with E-state index in [0.717, 1.165) is 12.8 Å². The van der Waals surface area contributed by atoms with Gasteiger partial charge in [-0.25, -0.2) is 0 Å². The molecule has 0 bridgehead atoms. The van der Waals surface area contributed by atoms with Gasteiger partial charge in [-0.3, -0.25) is 9.59 Å². The van der Waals surface area contributed by atoms with Crippen molar-refractivity contribution in [3.05, 3.63) is 23.8 Å². The Bertz CT molecular complexity index is 545. The highest BCUT2D eigenvalue weighted by Crippen LogP contribution is 2.23. The SMILES string of the molecule is CCOC(=O)C1CCCN(C(=O)c2ccc(N)cc2N)C1. The van der Waals surface area contributed by atoms with Crippen LogP contribution in [-0.2, 0) is 9.53 Å². The first-order chi connectivity index (χ1) is 10.0. The molecule has 1 heterocycles. The summed E-state index contributed by atoms with van der Waals surface area (Å²) >= 11 is 0. The minimum Gasteiger partial charge on any atom is -0.466 e. The zero-order valence-corrected chi connectivity index (χ0v) is 12.2. The van der Waals surface area contributed by atoms with Gasteiger partial charge in [0, 0.05) is 24.5 Å². The van der Waals surface area contributed by atoms with Gasteiger partial charge >= 0.3 is 5.97 Å². The maximum Gasteiger partial charge on any atom is 0.310 e. The quantitative estimate of drug-likeness (QED) is 0.645. The van der Waals surface area contributed by atoms with Crippen LogP contribution < -0.4 is 11.5 Å². The van der Waals surface area contributed by atoms with Gasteiger partial charge in [0.1, 0.15) is 0 Å². The summed E-state index contributed by atoms with van der Waals surface area (Å²) < 4.78 is 5.04. The number of hydrogen-bond acceptors (Lipinski definition) is 5. The molecule has 0 spiro atoms. The number of esters is 1. The Kier molecular flexibility index (Phi) is 4.67. The van der Waals surface area contributed by atoms with Crippen LogP contribution in [0.25, 0.3) is 0 Å². The van der Waals surface area contributed by atoms with Crippen molar-refractivity contribution < 1.29 is 14.3 Å². The lowest BCUT2D eigenvalue weighted by molar-refractivity contribution is -0.149. The third-order valence-electron chi connectivity index (χ3n) is 3.63. The summed E-state index contributed by atoms with van der Waals surface area (Å²) in [6.45, 7) is 3.13. The number of amides is 1. The van der Waals surface area contributed by atoms with Crippen molar-refractivity contribution in [1.29, 1.82) is 0 Å². The predicted octanol–water partition coefficient (Wildman–Crippen LogP) is 1.27. The summed E-state index contributed by atoms with van der Waals surface area (Å²) in [6.07, 6.45) is 1.53. The molecular weight excluding hydrogens is 270 g/mol. The highest BCUT2D eigenvalue weighted by molar-refractivity contribution is 6.00. The molecule has 21 heavy (non-hydrogen) atoms. The molecule has 1 fully saturated rings. The highest BCUT2D eigenvalue weighted by atomic mass is 16.5. The molecule has 1 aliphatic rings. The molecule has 6 nitrogen and oxygen atoms in total. The van der Waals surface area contributed by atoms with Crippen LogP contribution in [0.3, 0.4) is 0 Å². The van der Waals surface area contributed by atoms with Crippen LogP contribution in [0.5, 0.6) is 0 Å². The molecule has 1 saturated heterocycles. The Hall–Kier alpha value is -2.24. The predicted molar refractivity (Wildman–Crippen MR) is 80.5 cm³/mol. The van der Waals surface area contributed by atoms with Gasteiger partial charge in [-0.15, -0.1) is 0 Å². The molecule has 0 saturated carbocycles. The van der Waals surface area contributed by atoms with E-state index in [1.54, 1.807) is 30.0 Å². The summed E-state index contributed by atoms with van der Waals surface area (Å²) in [5.41, 5.74) is 12.8. The number of anilines is 2. The molecule has 1 unspecified atom stereocenters. The first-order valence-corrected chi connectivity index (χ1v) is 7.13. The van der Waals surface area contributed by atoms with Crippen LogP contribution in [0, 0.1) is 5.92 Å². The van der Waals surface area contributed by atoms with Crippen molar-refractivity contribution in [3.8, 4) is 0 Å². The largest absolute Gasteiger partial charge is 0.466 e. The fourth-order valence-corrected chi connectivity index (χ4v) is 2.56. The standard InChI is InChI=1S/C15H21N3O3/c1-2-21-15(20)10-4-3-7-18(9-10)14(19)12-6-5-11(16)8-13(12)17/h5-6,8,10H,2-4,7,9,16-17H2,1H3. The van der Waals surface area contributed by atoms with E-state index in [1.807, 2.05) is 0 Å². The van der Waals surface area contributed by atoms with Gasteiger partial charge in [-0.05, 0) is 38.0 Å². The van der Waals surface area contributed by atoms with Gasteiger partial charge in [-0.2, -0.15) is 0 Å². The second-order valence-electron chi connectivity index (χ2n) is 5.19. The molecule has 1 aromatic rings. The molecule has 1 amide bonds. The van der Waals surface area contributed by atoms with Crippen molar-refractivity contribution >= 4 is 23.3 Å². The maximum atomic E-state index is 12.5. The number of benzene rings is 1. The van der Waals surface area contributed by atoms with E-state index in [2.05, 4.69) is 0 Å². The first-order valence-electron chi connectivity index (χ1n) is 7.13. The lowest BCUT2D eigenvalue weighted by Gasteiger charge is -2.31. The first kappa shape index (κ1) is 15.2. The molecule has 0 radical (unpaired) electrons. The molecule has 1 aromatic carbocycles. The van der Waals surface area contributed by atoms with Crippen molar-refractivity contribution in [2.75, 3.05) is 31.2 Å². The summed E-state index contributed by atoms with van der Waals surface area (Å²) in [6, 6.07) is 4.84. The zero-order chi connectivity index (χ0) is 15.4. The molecule has 6 heteroatoms. The number of likely N-dealkylation sites (tertiary alicyclic amines) is 1. The van der Waals surface area contributed by atoms with Gasteiger partial charge in [0.05, 0.1) is 18.1 Å². The van der Waals surface area contributed by atoms with Crippen LogP contribution in [0.4, 0.5) is 11.4 Å². The van der Waals surface area contributed by atoms with E-state index in [0.29, 0.717) is 36.6 Å². The number of nitrogens with two attached hydrogens (primary N) is 2. The monoisotopic (exact) mass is 291 g/mol. The number of nitrogens with zero attached hydrogens (tertiary/aromatic N) is 1. The van der Waals surface area contributed by atoms with E-state index < -0.39 is 0 Å². The van der Waals surface area contributed by atoms with Gasteiger partial charge in [0.25, 0.3) is 5.91 Å². The molecule has 0 aliphatic carbocycles. The van der Waals surface area contributed by atoms with Crippen LogP contribution >= 0.6 is 0 Å². The van der Waals surface area contributed by atoms with Gasteiger partial charge < -0.3 is 21.1 Å². The fourth-order valence-electron chi connectivity index (χ4n) is 2.56. The third-order valence-corrected chi connectivity index (χ3v) is 3.63. The molecular formula is C15H21N3O3. The second kappa shape index (κ2) is 6.47. The molecule has 1 aliphatic heterocycles. The van der Waals surface area contributed by atoms with Crippen molar-refractivity contribution in [2.24, 2.45) is 5.92 Å². The number of rotatable bonds is 3. The molecule has 2 rings (SSSR count). The minimum absolute atomic E-state index is 0.165. The Labute approximate surface area is 124 Å². The topological polar surface area (TPSA) is 98.6 Å². The summed E-state index contributed by atoms with van der Waals surface area (Å²) in [7, 11) is 0. The van der Waals surface area contributed by atoms with Crippen molar-refractivity contribution in [1.82, 2.24) is 4.90 Å². The lowest BCUT2D eigenvalue weighted by atomic mass is 9.97. The van der Waals surface area contributed by atoms with E-state index in [-0.39, 0.29) is 17.8 Å². The van der Waals surface area contributed by atoms with Crippen LogP contribution in [-0.4, -0.2) is 36.5 Å². The highest BCUT2D eigenvalue weighted by Gasteiger charge is 2.30. The van der Waals surface area contributed by atoms with Crippen LogP contribution in [0.15, 0.2) is 18.2 Å². The van der Waals surface area contributed by atoms with Crippen molar-refractivity contribution in [2.45, 2.75) is 19.8 Å². The summed E-state index contributed by atoms with van der Waals surface area (Å²) in [5, 5.41) is 0. The Morgan fingerprint density at radius 1 is 1.38 bits per heavy atom. The summed E-state index contributed by atoms with van der Waals surface area (Å²) in [4.78, 5) is 26.0. The van der Waals surface area contributed by atoms with Gasteiger partial charge in [0.15, 0.2) is 0 Å². The van der Waals surface area contributed by atoms with Crippen LogP contribution in [0.2, 0.25) is 0 Å². The fraction of sp³-hybridized carbons (Fsp3) is 0.467. The number of carbonyl (C=O) groups is 2. The molecule has 114 valence electrons. The Morgan fingerprint density at radius 3 is 2.81 bits per heavy atom. The smallest absolute Gasteiger partial charge is 0.310 e. The molecule has 0 aromatic heterocycles.